The minimum atomic E-state index is -1.51. The molecule has 0 fully saturated rings. The third kappa shape index (κ3) is 8.24. The van der Waals surface area contributed by atoms with Crippen LogP contribution in [0.2, 0.25) is 0 Å². The van der Waals surface area contributed by atoms with Crippen molar-refractivity contribution in [1.29, 1.82) is 0 Å². The van der Waals surface area contributed by atoms with Gasteiger partial charge in [-0.15, -0.1) is 0 Å². The number of carboxylic acids is 2. The van der Waals surface area contributed by atoms with Gasteiger partial charge in [0.1, 0.15) is 0 Å². The number of aliphatic carboxylic acids is 2. The van der Waals surface area contributed by atoms with E-state index >= 15 is 0 Å². The average molecular weight is 224 g/mol. The Kier molecular flexibility index (Phi) is 5.96. The van der Waals surface area contributed by atoms with E-state index in [1.54, 1.807) is 0 Å². The first-order valence-electron chi connectivity index (χ1n) is 4.27. The average Bonchev–Trinajstić information content (AvgIpc) is 2.15. The van der Waals surface area contributed by atoms with E-state index in [1.165, 1.54) is 5.56 Å². The molecule has 0 spiro atoms. The van der Waals surface area contributed by atoms with Gasteiger partial charge in [-0.05, 0) is 24.6 Å². The molecule has 0 radical (unpaired) electrons. The Labute approximate surface area is 92.0 Å². The van der Waals surface area contributed by atoms with E-state index in [9.17, 15) is 14.7 Å². The predicted octanol–water partition coefficient (Wildman–Crippen LogP) is -1.23. The smallest absolute Gasteiger partial charge is 0.328 e. The quantitative estimate of drug-likeness (QED) is 0.610. The molecular weight excluding hydrogens is 212 g/mol. The Bertz CT molecular complexity index is 368. The number of rotatable bonds is 2. The number of hydrogen-bond donors (Lipinski definition) is 2. The fraction of sp³-hybridized carbons (Fsp3) is 0.100. The highest BCUT2D eigenvalue weighted by Gasteiger charge is 1.88. The molecule has 1 aromatic rings. The lowest BCUT2D eigenvalue weighted by atomic mass is 10.3. The van der Waals surface area contributed by atoms with Crippen LogP contribution in [0.4, 0.5) is 5.82 Å². The molecule has 4 N–H and O–H groups in total. The molecule has 1 heterocycles. The second-order valence-corrected chi connectivity index (χ2v) is 2.81. The molecular formula is C10H12N2O4. The highest BCUT2D eigenvalue weighted by molar-refractivity contribution is 5.88. The maximum atomic E-state index is 9.53. The second kappa shape index (κ2) is 6.99. The van der Waals surface area contributed by atoms with Crippen molar-refractivity contribution in [3.8, 4) is 0 Å². The van der Waals surface area contributed by atoms with E-state index in [2.05, 4.69) is 4.98 Å². The van der Waals surface area contributed by atoms with Gasteiger partial charge in [0, 0.05) is 12.1 Å². The van der Waals surface area contributed by atoms with Gasteiger partial charge in [0.25, 0.3) is 5.82 Å². The first-order chi connectivity index (χ1) is 7.41. The number of aryl methyl sites for hydroxylation is 1. The lowest BCUT2D eigenvalue weighted by Gasteiger charge is -1.85. The van der Waals surface area contributed by atoms with E-state index in [4.69, 9.17) is 10.8 Å². The van der Waals surface area contributed by atoms with Gasteiger partial charge >= 0.3 is 5.97 Å². The van der Waals surface area contributed by atoms with E-state index in [0.717, 1.165) is 0 Å². The van der Waals surface area contributed by atoms with Gasteiger partial charge in [-0.1, -0.05) is 0 Å². The summed E-state index contributed by atoms with van der Waals surface area (Å²) in [4.78, 5) is 21.8. The maximum Gasteiger partial charge on any atom is 0.328 e. The second-order valence-electron chi connectivity index (χ2n) is 2.81. The molecule has 0 bridgehead atoms. The number of nitrogens with two attached hydrogens (primary N) is 1. The summed E-state index contributed by atoms with van der Waals surface area (Å²) in [6, 6.07) is 3.86. The van der Waals surface area contributed by atoms with Crippen molar-refractivity contribution in [3.05, 3.63) is 36.0 Å². The molecule has 16 heavy (non-hydrogen) atoms. The van der Waals surface area contributed by atoms with Crippen LogP contribution in [0.1, 0.15) is 5.56 Å². The molecule has 0 aliphatic rings. The molecule has 0 saturated heterocycles. The van der Waals surface area contributed by atoms with Crippen LogP contribution in [0.15, 0.2) is 30.5 Å². The van der Waals surface area contributed by atoms with Gasteiger partial charge in [0.15, 0.2) is 0 Å². The van der Waals surface area contributed by atoms with Crippen LogP contribution in [0, 0.1) is 6.92 Å². The van der Waals surface area contributed by atoms with Crippen LogP contribution in [0.25, 0.3) is 0 Å². The number of pyridine rings is 1. The van der Waals surface area contributed by atoms with Crippen LogP contribution < -0.4 is 15.8 Å². The van der Waals surface area contributed by atoms with Gasteiger partial charge in [0.2, 0.25) is 0 Å². The number of carbonyl (C=O) groups is 2. The third-order valence-corrected chi connectivity index (χ3v) is 1.34. The fourth-order valence-electron chi connectivity index (χ4n) is 0.744. The van der Waals surface area contributed by atoms with Crippen LogP contribution in [-0.2, 0) is 9.59 Å². The molecule has 0 amide bonds. The Hall–Kier alpha value is -2.37. The normalized spacial score (nSPS) is 9.31. The zero-order valence-corrected chi connectivity index (χ0v) is 8.64. The Morgan fingerprint density at radius 3 is 2.38 bits per heavy atom. The van der Waals surface area contributed by atoms with E-state index in [0.29, 0.717) is 18.0 Å². The topological polar surface area (TPSA) is 118 Å². The van der Waals surface area contributed by atoms with Gasteiger partial charge in [0.05, 0.1) is 12.2 Å². The molecule has 0 aromatic carbocycles. The van der Waals surface area contributed by atoms with Crippen molar-refractivity contribution in [2.45, 2.75) is 6.92 Å². The molecule has 0 unspecified atom stereocenters. The Balaban J connectivity index is 0.000000281. The van der Waals surface area contributed by atoms with Crippen molar-refractivity contribution in [2.24, 2.45) is 0 Å². The van der Waals surface area contributed by atoms with Crippen molar-refractivity contribution in [3.63, 3.8) is 0 Å². The van der Waals surface area contributed by atoms with Crippen LogP contribution in [0.5, 0.6) is 0 Å². The van der Waals surface area contributed by atoms with Crippen LogP contribution in [-0.4, -0.2) is 17.0 Å². The zero-order chi connectivity index (χ0) is 12.6. The minimum Gasteiger partial charge on any atom is -0.545 e. The predicted molar refractivity (Wildman–Crippen MR) is 53.9 cm³/mol. The Morgan fingerprint density at radius 2 is 2.12 bits per heavy atom. The number of anilines is 1. The molecule has 0 saturated carbocycles. The summed E-state index contributed by atoms with van der Waals surface area (Å²) in [5, 5.41) is 17.2. The monoisotopic (exact) mass is 224 g/mol. The first-order valence-corrected chi connectivity index (χ1v) is 4.27. The molecule has 0 aliphatic carbocycles. The molecule has 6 heteroatoms. The minimum absolute atomic E-state index is 0.447. The lowest BCUT2D eigenvalue weighted by molar-refractivity contribution is -0.360. The van der Waals surface area contributed by atoms with Gasteiger partial charge < -0.3 is 15.0 Å². The number of H-pyrrole nitrogens is 1. The number of nitrogen functional groups attached to an aromatic ring is 1. The fourth-order valence-corrected chi connectivity index (χ4v) is 0.744. The summed E-state index contributed by atoms with van der Waals surface area (Å²) in [6.45, 7) is 2.00. The zero-order valence-electron chi connectivity index (χ0n) is 8.64. The maximum absolute atomic E-state index is 9.53. The summed E-state index contributed by atoms with van der Waals surface area (Å²) in [7, 11) is 0. The van der Waals surface area contributed by atoms with E-state index < -0.39 is 11.9 Å². The number of aromatic nitrogens is 1. The van der Waals surface area contributed by atoms with Crippen LogP contribution in [0.3, 0.4) is 0 Å². The van der Waals surface area contributed by atoms with Gasteiger partial charge in [-0.3, -0.25) is 5.73 Å². The molecule has 86 valence electrons. The van der Waals surface area contributed by atoms with Crippen molar-refractivity contribution in [1.82, 2.24) is 0 Å². The van der Waals surface area contributed by atoms with Crippen molar-refractivity contribution in [2.75, 3.05) is 5.73 Å². The summed E-state index contributed by atoms with van der Waals surface area (Å²) < 4.78 is 0. The summed E-state index contributed by atoms with van der Waals surface area (Å²) in [5.41, 5.74) is 6.58. The van der Waals surface area contributed by atoms with E-state index in [1.807, 2.05) is 25.3 Å². The SMILES string of the molecule is Cc1cc[nH+]c(N)c1.O=C([O-])/C=C/C(=O)O. The van der Waals surface area contributed by atoms with Gasteiger partial charge in [-0.2, -0.15) is 0 Å². The molecule has 0 atom stereocenters. The number of aromatic amines is 1. The lowest BCUT2D eigenvalue weighted by Crippen LogP contribution is -2.19. The summed E-state index contributed by atoms with van der Waals surface area (Å²) in [6.07, 6.45) is 2.77. The largest absolute Gasteiger partial charge is 0.545 e. The molecule has 1 rings (SSSR count). The number of carbonyl (C=O) groups excluding carboxylic acids is 1. The number of nitrogens with one attached hydrogen (secondary N) is 1. The standard InChI is InChI=1S/C6H8N2.C4H4O4/c1-5-2-3-8-6(7)4-5;5-3(6)1-2-4(7)8/h2-4H,1H3,(H2,7,8);1-2H,(H,5,6)(H,7,8)/b;2-1+. The first kappa shape index (κ1) is 13.6. The third-order valence-electron chi connectivity index (χ3n) is 1.34. The van der Waals surface area contributed by atoms with Crippen molar-refractivity contribution < 1.29 is 24.8 Å². The summed E-state index contributed by atoms with van der Waals surface area (Å²) in [5.74, 6) is -2.09. The summed E-state index contributed by atoms with van der Waals surface area (Å²) >= 11 is 0. The number of hydrogen-bond acceptors (Lipinski definition) is 4. The Morgan fingerprint density at radius 1 is 1.50 bits per heavy atom. The molecule has 0 aliphatic heterocycles. The highest BCUT2D eigenvalue weighted by atomic mass is 16.4. The van der Waals surface area contributed by atoms with Gasteiger partial charge in [-0.25, -0.2) is 9.78 Å². The molecule has 6 nitrogen and oxygen atoms in total. The number of carboxylic acid groups (broad SMARTS) is 2. The van der Waals surface area contributed by atoms with Crippen LogP contribution >= 0.6 is 0 Å². The highest BCUT2D eigenvalue weighted by Crippen LogP contribution is 1.94. The van der Waals surface area contributed by atoms with E-state index in [-0.39, 0.29) is 0 Å². The molecule has 1 aromatic heterocycles. The van der Waals surface area contributed by atoms with Crippen molar-refractivity contribution >= 4 is 17.8 Å².